The van der Waals surface area contributed by atoms with Gasteiger partial charge in [0.1, 0.15) is 0 Å². The van der Waals surface area contributed by atoms with Gasteiger partial charge >= 0.3 is 0 Å². The topological polar surface area (TPSA) is 43.8 Å². The molecular formula is C13H20N2O2. The number of nitrogens with zero attached hydrogens (tertiary/aromatic N) is 2. The number of piperazine rings is 1. The Morgan fingerprint density at radius 3 is 2.76 bits per heavy atom. The minimum atomic E-state index is -0.0462. The second kappa shape index (κ2) is 4.92. The molecule has 1 aliphatic heterocycles. The van der Waals surface area contributed by atoms with E-state index < -0.39 is 0 Å². The van der Waals surface area contributed by atoms with E-state index in [4.69, 9.17) is 5.11 Å². The minimum Gasteiger partial charge on any atom is -0.515 e. The maximum absolute atomic E-state index is 11.8. The molecule has 0 bridgehead atoms. The zero-order valence-electron chi connectivity index (χ0n) is 10.5. The molecule has 1 atom stereocenters. The average Bonchev–Trinajstić information content (AvgIpc) is 2.36. The van der Waals surface area contributed by atoms with E-state index in [0.29, 0.717) is 12.0 Å². The van der Waals surface area contributed by atoms with Crippen LogP contribution in [0.25, 0.3) is 0 Å². The summed E-state index contributed by atoms with van der Waals surface area (Å²) in [6.07, 6.45) is 3.29. The lowest BCUT2D eigenvalue weighted by Crippen LogP contribution is -2.52. The number of hydrogen-bond acceptors (Lipinski definition) is 4. The highest BCUT2D eigenvalue weighted by molar-refractivity contribution is 6.05. The summed E-state index contributed by atoms with van der Waals surface area (Å²) in [6.45, 7) is 8.18. The van der Waals surface area contributed by atoms with Crippen molar-refractivity contribution in [1.82, 2.24) is 9.80 Å². The van der Waals surface area contributed by atoms with Crippen LogP contribution in [0, 0.1) is 0 Å². The van der Waals surface area contributed by atoms with Crippen LogP contribution >= 0.6 is 0 Å². The van der Waals surface area contributed by atoms with Gasteiger partial charge in [0, 0.05) is 43.4 Å². The number of likely N-dealkylation sites (N-methyl/N-ethyl adjacent to an activating group) is 2. The van der Waals surface area contributed by atoms with E-state index in [9.17, 15) is 4.79 Å². The summed E-state index contributed by atoms with van der Waals surface area (Å²) in [5.74, 6) is -0.0462. The molecule has 1 N–H and O–H groups in total. The highest BCUT2D eigenvalue weighted by atomic mass is 16.2. The largest absolute Gasteiger partial charge is 0.515 e. The SMILES string of the molecule is CCN1CCN(CC)C2CC(=CO)C(=O)C=C21. The van der Waals surface area contributed by atoms with Crippen LogP contribution in [-0.2, 0) is 4.79 Å². The summed E-state index contributed by atoms with van der Waals surface area (Å²) in [6, 6.07) is 0.254. The molecule has 4 heteroatoms. The van der Waals surface area contributed by atoms with Crippen molar-refractivity contribution in [3.63, 3.8) is 0 Å². The van der Waals surface area contributed by atoms with Crippen molar-refractivity contribution in [3.05, 3.63) is 23.6 Å². The monoisotopic (exact) mass is 236 g/mol. The molecule has 2 rings (SSSR count). The van der Waals surface area contributed by atoms with Crippen LogP contribution in [-0.4, -0.2) is 52.9 Å². The predicted molar refractivity (Wildman–Crippen MR) is 66.7 cm³/mol. The van der Waals surface area contributed by atoms with Crippen molar-refractivity contribution in [1.29, 1.82) is 0 Å². The Labute approximate surface area is 102 Å². The van der Waals surface area contributed by atoms with Gasteiger partial charge in [0.2, 0.25) is 0 Å². The van der Waals surface area contributed by atoms with E-state index >= 15 is 0 Å². The molecule has 4 nitrogen and oxygen atoms in total. The Balaban J connectivity index is 2.33. The fourth-order valence-corrected chi connectivity index (χ4v) is 2.72. The third-order valence-corrected chi connectivity index (χ3v) is 3.76. The van der Waals surface area contributed by atoms with Gasteiger partial charge in [-0.05, 0) is 13.5 Å². The second-order valence-corrected chi connectivity index (χ2v) is 4.52. The molecule has 1 saturated heterocycles. The van der Waals surface area contributed by atoms with Crippen molar-refractivity contribution in [2.75, 3.05) is 26.2 Å². The smallest absolute Gasteiger partial charge is 0.186 e. The number of hydrogen-bond donors (Lipinski definition) is 1. The number of aliphatic hydroxyl groups excluding tert-OH is 1. The molecule has 0 amide bonds. The van der Waals surface area contributed by atoms with Crippen LogP contribution in [0.4, 0.5) is 0 Å². The summed E-state index contributed by atoms with van der Waals surface area (Å²) >= 11 is 0. The Bertz CT molecular complexity index is 374. The molecular weight excluding hydrogens is 216 g/mol. The van der Waals surface area contributed by atoms with Gasteiger partial charge in [-0.2, -0.15) is 0 Å². The second-order valence-electron chi connectivity index (χ2n) is 4.52. The number of carbonyl (C=O) groups excluding carboxylic acids is 1. The molecule has 1 aliphatic carbocycles. The Hall–Kier alpha value is -1.29. The predicted octanol–water partition coefficient (Wildman–Crippen LogP) is 1.31. The zero-order valence-corrected chi connectivity index (χ0v) is 10.5. The van der Waals surface area contributed by atoms with E-state index in [1.165, 1.54) is 0 Å². The number of fused-ring (bicyclic) bond motifs is 1. The molecule has 0 aromatic carbocycles. The highest BCUT2D eigenvalue weighted by Crippen LogP contribution is 2.30. The van der Waals surface area contributed by atoms with Crippen LogP contribution in [0.2, 0.25) is 0 Å². The molecule has 17 heavy (non-hydrogen) atoms. The van der Waals surface area contributed by atoms with Crippen LogP contribution in [0.5, 0.6) is 0 Å². The maximum atomic E-state index is 11.8. The van der Waals surface area contributed by atoms with Gasteiger partial charge in [0.25, 0.3) is 0 Å². The van der Waals surface area contributed by atoms with Crippen molar-refractivity contribution in [2.45, 2.75) is 26.3 Å². The van der Waals surface area contributed by atoms with Crippen LogP contribution < -0.4 is 0 Å². The molecule has 0 spiro atoms. The molecule has 0 aromatic rings. The molecule has 1 fully saturated rings. The van der Waals surface area contributed by atoms with Gasteiger partial charge in [-0.25, -0.2) is 0 Å². The average molecular weight is 236 g/mol. The first-order valence-corrected chi connectivity index (χ1v) is 6.29. The Morgan fingerprint density at radius 1 is 1.41 bits per heavy atom. The van der Waals surface area contributed by atoms with Gasteiger partial charge in [0.15, 0.2) is 5.78 Å². The van der Waals surface area contributed by atoms with Crippen LogP contribution in [0.15, 0.2) is 23.6 Å². The standard InChI is InChI=1S/C13H20N2O2/c1-3-14-5-6-15(4-2)12-8-13(17)10(9-16)7-11(12)14/h8-9,11,16H,3-7H2,1-2H3. The summed E-state index contributed by atoms with van der Waals surface area (Å²) in [7, 11) is 0. The molecule has 1 unspecified atom stereocenters. The third-order valence-electron chi connectivity index (χ3n) is 3.76. The first-order valence-electron chi connectivity index (χ1n) is 6.29. The number of aliphatic hydroxyl groups is 1. The Morgan fingerprint density at radius 2 is 2.18 bits per heavy atom. The lowest BCUT2D eigenvalue weighted by molar-refractivity contribution is -0.112. The highest BCUT2D eigenvalue weighted by Gasteiger charge is 2.35. The number of allylic oxidation sites excluding steroid dienone is 1. The van der Waals surface area contributed by atoms with Gasteiger partial charge in [-0.3, -0.25) is 9.69 Å². The van der Waals surface area contributed by atoms with Crippen LogP contribution in [0.1, 0.15) is 20.3 Å². The van der Waals surface area contributed by atoms with Crippen molar-refractivity contribution in [2.24, 2.45) is 0 Å². The zero-order chi connectivity index (χ0) is 12.4. The van der Waals surface area contributed by atoms with Crippen molar-refractivity contribution in [3.8, 4) is 0 Å². The quantitative estimate of drug-likeness (QED) is 0.580. The summed E-state index contributed by atoms with van der Waals surface area (Å²) in [4.78, 5) is 16.4. The van der Waals surface area contributed by atoms with Crippen molar-refractivity contribution < 1.29 is 9.90 Å². The van der Waals surface area contributed by atoms with Gasteiger partial charge in [-0.1, -0.05) is 6.92 Å². The molecule has 2 aliphatic rings. The lowest BCUT2D eigenvalue weighted by Gasteiger charge is -2.45. The van der Waals surface area contributed by atoms with Crippen molar-refractivity contribution >= 4 is 5.78 Å². The first-order chi connectivity index (χ1) is 8.21. The molecule has 1 heterocycles. The van der Waals surface area contributed by atoms with E-state index in [1.807, 2.05) is 0 Å². The summed E-state index contributed by atoms with van der Waals surface area (Å²) in [5, 5.41) is 9.09. The fraction of sp³-hybridized carbons (Fsp3) is 0.615. The molecule has 94 valence electrons. The summed E-state index contributed by atoms with van der Waals surface area (Å²) < 4.78 is 0. The van der Waals surface area contributed by atoms with E-state index in [0.717, 1.165) is 38.1 Å². The number of carbonyl (C=O) groups is 1. The fourth-order valence-electron chi connectivity index (χ4n) is 2.72. The minimum absolute atomic E-state index is 0.0462. The molecule has 0 radical (unpaired) electrons. The lowest BCUT2D eigenvalue weighted by atomic mass is 9.90. The maximum Gasteiger partial charge on any atom is 0.186 e. The summed E-state index contributed by atoms with van der Waals surface area (Å²) in [5.41, 5.74) is 1.64. The van der Waals surface area contributed by atoms with E-state index in [1.54, 1.807) is 6.08 Å². The van der Waals surface area contributed by atoms with Gasteiger partial charge < -0.3 is 10.0 Å². The first kappa shape index (κ1) is 12.2. The van der Waals surface area contributed by atoms with E-state index in [2.05, 4.69) is 23.6 Å². The van der Waals surface area contributed by atoms with E-state index in [-0.39, 0.29) is 11.8 Å². The molecule has 0 aromatic heterocycles. The third kappa shape index (κ3) is 2.09. The van der Waals surface area contributed by atoms with Gasteiger partial charge in [0.05, 0.1) is 12.3 Å². The van der Waals surface area contributed by atoms with Crippen LogP contribution in [0.3, 0.4) is 0 Å². The number of rotatable bonds is 2. The normalized spacial score (nSPS) is 28.2. The number of ketones is 1. The molecule has 0 saturated carbocycles. The van der Waals surface area contributed by atoms with Gasteiger partial charge in [-0.15, -0.1) is 0 Å². The Kier molecular flexibility index (Phi) is 3.52.